The lowest BCUT2D eigenvalue weighted by Crippen LogP contribution is -2.34. The highest BCUT2D eigenvalue weighted by atomic mass is 28.4. The Hall–Kier alpha value is 0.0169. The van der Waals surface area contributed by atoms with Crippen LogP contribution in [-0.2, 0) is 18.9 Å². The summed E-state index contributed by atoms with van der Waals surface area (Å²) in [5, 5.41) is 0. The van der Waals surface area contributed by atoms with Gasteiger partial charge in [0.05, 0.1) is 26.4 Å². The second-order valence-corrected chi connectivity index (χ2v) is 10.2. The lowest BCUT2D eigenvalue weighted by Gasteiger charge is -2.24. The molecule has 2 unspecified atom stereocenters. The van der Waals surface area contributed by atoms with Gasteiger partial charge in [0.2, 0.25) is 0 Å². The zero-order valence-electron chi connectivity index (χ0n) is 13.2. The molecule has 124 valence electrons. The SMILES string of the molecule is CCC[Si](O)(CCCOCC1CO1)CCCOCC1CO1. The van der Waals surface area contributed by atoms with Crippen molar-refractivity contribution < 1.29 is 23.7 Å². The Morgan fingerprint density at radius 3 is 1.81 bits per heavy atom. The van der Waals surface area contributed by atoms with E-state index in [1.54, 1.807) is 0 Å². The quantitative estimate of drug-likeness (QED) is 0.301. The van der Waals surface area contributed by atoms with Crippen LogP contribution in [0.5, 0.6) is 0 Å². The number of epoxide rings is 2. The molecule has 0 bridgehead atoms. The first-order valence-corrected chi connectivity index (χ1v) is 10.9. The second-order valence-electron chi connectivity index (χ2n) is 6.24. The van der Waals surface area contributed by atoms with Crippen LogP contribution in [-0.4, -0.2) is 65.0 Å². The monoisotopic (exact) mass is 318 g/mol. The van der Waals surface area contributed by atoms with E-state index in [9.17, 15) is 4.80 Å². The van der Waals surface area contributed by atoms with Crippen molar-refractivity contribution in [3.05, 3.63) is 0 Å². The predicted molar refractivity (Wildman–Crippen MR) is 83.0 cm³/mol. The minimum absolute atomic E-state index is 0.337. The normalized spacial score (nSPS) is 26.6. The molecule has 21 heavy (non-hydrogen) atoms. The molecule has 2 aliphatic rings. The molecule has 0 aliphatic carbocycles. The Morgan fingerprint density at radius 2 is 1.43 bits per heavy atom. The third-order valence-electron chi connectivity index (χ3n) is 3.99. The van der Waals surface area contributed by atoms with E-state index in [1.807, 2.05) is 0 Å². The van der Waals surface area contributed by atoms with Crippen LogP contribution in [0.1, 0.15) is 26.2 Å². The average Bonchev–Trinajstić information content (AvgIpc) is 3.33. The number of ether oxygens (including phenoxy) is 4. The van der Waals surface area contributed by atoms with Crippen LogP contribution in [0.25, 0.3) is 0 Å². The maximum absolute atomic E-state index is 10.8. The maximum atomic E-state index is 10.8. The molecular formula is C15H30O5Si. The van der Waals surface area contributed by atoms with E-state index in [0.29, 0.717) is 25.4 Å². The van der Waals surface area contributed by atoms with Crippen LogP contribution in [0.3, 0.4) is 0 Å². The molecule has 2 aliphatic heterocycles. The summed E-state index contributed by atoms with van der Waals surface area (Å²) < 4.78 is 21.3. The minimum atomic E-state index is -2.10. The van der Waals surface area contributed by atoms with Gasteiger partial charge < -0.3 is 23.7 Å². The summed E-state index contributed by atoms with van der Waals surface area (Å²) in [6.07, 6.45) is 3.67. The molecule has 0 aromatic rings. The van der Waals surface area contributed by atoms with Gasteiger partial charge in [-0.25, -0.2) is 0 Å². The molecule has 0 saturated carbocycles. The second kappa shape index (κ2) is 9.22. The first-order chi connectivity index (χ1) is 10.2. The number of hydrogen-bond donors (Lipinski definition) is 1. The van der Waals surface area contributed by atoms with Crippen LogP contribution >= 0.6 is 0 Å². The van der Waals surface area contributed by atoms with Crippen molar-refractivity contribution in [2.24, 2.45) is 0 Å². The van der Waals surface area contributed by atoms with Crippen molar-refractivity contribution >= 4 is 8.32 Å². The molecule has 6 heteroatoms. The van der Waals surface area contributed by atoms with Gasteiger partial charge in [0.1, 0.15) is 12.2 Å². The standard InChI is InChI=1S/C15H30O5Si/c1-2-7-21(16,8-3-5-17-10-14-12-19-14)9-4-6-18-11-15-13-20-15/h14-16H,2-13H2,1H3. The lowest BCUT2D eigenvalue weighted by atomic mass is 10.5. The van der Waals surface area contributed by atoms with Gasteiger partial charge in [-0.05, 0) is 31.0 Å². The summed E-state index contributed by atoms with van der Waals surface area (Å²) in [7, 11) is -2.10. The Bertz CT molecular complexity index is 259. The van der Waals surface area contributed by atoms with Gasteiger partial charge in [-0.15, -0.1) is 0 Å². The molecule has 2 saturated heterocycles. The topological polar surface area (TPSA) is 63.8 Å². The highest BCUT2D eigenvalue weighted by Gasteiger charge is 2.29. The van der Waals surface area contributed by atoms with E-state index in [2.05, 4.69) is 6.92 Å². The fourth-order valence-corrected chi connectivity index (χ4v) is 5.89. The van der Waals surface area contributed by atoms with Gasteiger partial charge in [-0.3, -0.25) is 0 Å². The Morgan fingerprint density at radius 1 is 0.952 bits per heavy atom. The summed E-state index contributed by atoms with van der Waals surface area (Å²) >= 11 is 0. The molecule has 1 N–H and O–H groups in total. The van der Waals surface area contributed by atoms with E-state index in [1.165, 1.54) is 0 Å². The van der Waals surface area contributed by atoms with Gasteiger partial charge >= 0.3 is 0 Å². The van der Waals surface area contributed by atoms with Crippen molar-refractivity contribution in [3.8, 4) is 0 Å². The number of hydrogen-bond acceptors (Lipinski definition) is 5. The third kappa shape index (κ3) is 8.28. The number of rotatable bonds is 14. The van der Waals surface area contributed by atoms with Crippen molar-refractivity contribution in [2.75, 3.05) is 39.6 Å². The van der Waals surface area contributed by atoms with Crippen molar-refractivity contribution in [1.29, 1.82) is 0 Å². The van der Waals surface area contributed by atoms with Crippen LogP contribution in [0, 0.1) is 0 Å². The molecule has 0 amide bonds. The van der Waals surface area contributed by atoms with E-state index < -0.39 is 8.32 Å². The van der Waals surface area contributed by atoms with Gasteiger partial charge in [0.15, 0.2) is 8.32 Å². The Labute approximate surface area is 129 Å². The lowest BCUT2D eigenvalue weighted by molar-refractivity contribution is 0.115. The molecule has 2 rings (SSSR count). The summed E-state index contributed by atoms with van der Waals surface area (Å²) in [6, 6.07) is 2.88. The first-order valence-electron chi connectivity index (χ1n) is 8.33. The summed E-state index contributed by atoms with van der Waals surface area (Å²) in [6.45, 7) is 6.76. The van der Waals surface area contributed by atoms with E-state index in [-0.39, 0.29) is 0 Å². The maximum Gasteiger partial charge on any atom is 0.188 e. The summed E-state index contributed by atoms with van der Waals surface area (Å²) in [4.78, 5) is 10.8. The summed E-state index contributed by atoms with van der Waals surface area (Å²) in [5.41, 5.74) is 0. The van der Waals surface area contributed by atoms with Gasteiger partial charge in [0.25, 0.3) is 0 Å². The van der Waals surface area contributed by atoms with E-state index in [4.69, 9.17) is 18.9 Å². The van der Waals surface area contributed by atoms with Gasteiger partial charge in [0, 0.05) is 13.2 Å². The van der Waals surface area contributed by atoms with Crippen molar-refractivity contribution in [2.45, 2.75) is 56.5 Å². The molecular weight excluding hydrogens is 288 g/mol. The zero-order chi connectivity index (χ0) is 15.0. The van der Waals surface area contributed by atoms with Crippen LogP contribution < -0.4 is 0 Å². The van der Waals surface area contributed by atoms with Crippen LogP contribution in [0.4, 0.5) is 0 Å². The minimum Gasteiger partial charge on any atom is -0.432 e. The fourth-order valence-electron chi connectivity index (χ4n) is 2.61. The highest BCUT2D eigenvalue weighted by Crippen LogP contribution is 2.23. The average molecular weight is 318 g/mol. The van der Waals surface area contributed by atoms with Gasteiger partial charge in [-0.1, -0.05) is 13.3 Å². The Kier molecular flexibility index (Phi) is 7.63. The summed E-state index contributed by atoms with van der Waals surface area (Å²) in [5.74, 6) is 0. The highest BCUT2D eigenvalue weighted by molar-refractivity contribution is 6.72. The molecule has 2 fully saturated rings. The first kappa shape index (κ1) is 17.4. The largest absolute Gasteiger partial charge is 0.432 e. The molecule has 2 atom stereocenters. The molecule has 2 heterocycles. The molecule has 0 spiro atoms. The molecule has 0 radical (unpaired) electrons. The fraction of sp³-hybridized carbons (Fsp3) is 1.00. The van der Waals surface area contributed by atoms with Crippen molar-refractivity contribution in [1.82, 2.24) is 0 Å². The molecule has 0 aromatic heterocycles. The Balaban J connectivity index is 1.50. The third-order valence-corrected chi connectivity index (χ3v) is 7.99. The van der Waals surface area contributed by atoms with E-state index in [0.717, 1.165) is 63.8 Å². The zero-order valence-corrected chi connectivity index (χ0v) is 14.2. The van der Waals surface area contributed by atoms with Crippen LogP contribution in [0.2, 0.25) is 18.1 Å². The van der Waals surface area contributed by atoms with E-state index >= 15 is 0 Å². The van der Waals surface area contributed by atoms with Gasteiger partial charge in [-0.2, -0.15) is 0 Å². The van der Waals surface area contributed by atoms with Crippen molar-refractivity contribution in [3.63, 3.8) is 0 Å². The molecule has 5 nitrogen and oxygen atoms in total. The molecule has 0 aromatic carbocycles. The smallest absolute Gasteiger partial charge is 0.188 e. The van der Waals surface area contributed by atoms with Crippen LogP contribution in [0.15, 0.2) is 0 Å². The predicted octanol–water partition coefficient (Wildman–Crippen LogP) is 1.95.